The molecule has 0 radical (unpaired) electrons. The molecule has 1 saturated heterocycles. The Hall–Kier alpha value is -3.06. The summed E-state index contributed by atoms with van der Waals surface area (Å²) in [6.45, 7) is 6.38. The van der Waals surface area contributed by atoms with Gasteiger partial charge in [-0.3, -0.25) is 4.90 Å². The Morgan fingerprint density at radius 1 is 1.00 bits per heavy atom. The molecule has 1 fully saturated rings. The van der Waals surface area contributed by atoms with Gasteiger partial charge in [0.25, 0.3) is 0 Å². The molecular weight excluding hydrogens is 397 g/mol. The van der Waals surface area contributed by atoms with Crippen LogP contribution in [0.5, 0.6) is 11.5 Å². The second kappa shape index (κ2) is 9.39. The zero-order valence-electron chi connectivity index (χ0n) is 18.2. The summed E-state index contributed by atoms with van der Waals surface area (Å²) in [7, 11) is 3.23. The number of para-hydroxylation sites is 1. The average molecular weight is 426 g/mol. The van der Waals surface area contributed by atoms with E-state index >= 15 is 0 Å². The van der Waals surface area contributed by atoms with Gasteiger partial charge in [-0.1, -0.05) is 6.07 Å². The number of ether oxygens (including phenoxy) is 2. The van der Waals surface area contributed by atoms with Gasteiger partial charge in [0.05, 0.1) is 25.5 Å². The third-order valence-electron chi connectivity index (χ3n) is 5.68. The number of nitrogens with zero attached hydrogens (tertiary/aromatic N) is 3. The summed E-state index contributed by atoms with van der Waals surface area (Å²) in [4.78, 5) is 9.47. The molecule has 2 aromatic carbocycles. The first kappa shape index (κ1) is 21.2. The molecule has 3 aromatic rings. The van der Waals surface area contributed by atoms with Gasteiger partial charge in [-0.2, -0.15) is 0 Å². The molecule has 7 heteroatoms. The fourth-order valence-electron chi connectivity index (χ4n) is 4.00. The van der Waals surface area contributed by atoms with Crippen LogP contribution in [0, 0.1) is 12.7 Å². The molecule has 4 rings (SSSR count). The molecule has 2 heterocycles. The van der Waals surface area contributed by atoms with Gasteiger partial charge in [0.15, 0.2) is 11.5 Å². The lowest BCUT2D eigenvalue weighted by atomic mass is 10.2. The Balaban J connectivity index is 1.47. The van der Waals surface area contributed by atoms with Gasteiger partial charge in [-0.05, 0) is 49.7 Å². The highest BCUT2D eigenvalue weighted by molar-refractivity contribution is 5.68. The van der Waals surface area contributed by atoms with E-state index in [1.54, 1.807) is 14.2 Å². The number of hydrogen-bond acceptors (Lipinski definition) is 6. The molecule has 1 aliphatic rings. The number of anilines is 1. The fraction of sp³-hybridized carbons (Fsp3) is 0.375. The number of hydrogen-bond donors (Lipinski definition) is 0. The minimum Gasteiger partial charge on any atom is -0.493 e. The Morgan fingerprint density at radius 3 is 2.55 bits per heavy atom. The van der Waals surface area contributed by atoms with E-state index in [-0.39, 0.29) is 5.82 Å². The third-order valence-corrected chi connectivity index (χ3v) is 5.68. The summed E-state index contributed by atoms with van der Waals surface area (Å²) in [6, 6.07) is 12.4. The molecule has 0 N–H and O–H groups in total. The van der Waals surface area contributed by atoms with Crippen molar-refractivity contribution < 1.29 is 18.3 Å². The maximum atomic E-state index is 13.2. The van der Waals surface area contributed by atoms with Crippen molar-refractivity contribution in [3.05, 3.63) is 59.7 Å². The van der Waals surface area contributed by atoms with Crippen LogP contribution < -0.4 is 14.4 Å². The van der Waals surface area contributed by atoms with E-state index in [1.165, 1.54) is 12.1 Å². The molecule has 0 saturated carbocycles. The number of aryl methyl sites for hydroxylation is 1. The summed E-state index contributed by atoms with van der Waals surface area (Å²) >= 11 is 0. The van der Waals surface area contributed by atoms with E-state index in [0.717, 1.165) is 61.8 Å². The van der Waals surface area contributed by atoms with Crippen molar-refractivity contribution in [2.75, 3.05) is 45.3 Å². The van der Waals surface area contributed by atoms with E-state index in [1.807, 2.05) is 37.3 Å². The van der Waals surface area contributed by atoms with Crippen LogP contribution in [0.25, 0.3) is 11.5 Å². The SMILES string of the molecule is COc1cccc(-c2nc(CN3CCCN(c4ccc(F)cc4)CC3)c(C)o2)c1OC. The van der Waals surface area contributed by atoms with Gasteiger partial charge in [-0.25, -0.2) is 9.37 Å². The van der Waals surface area contributed by atoms with Crippen molar-refractivity contribution in [1.29, 1.82) is 0 Å². The van der Waals surface area contributed by atoms with E-state index in [4.69, 9.17) is 18.9 Å². The van der Waals surface area contributed by atoms with Crippen molar-refractivity contribution in [3.63, 3.8) is 0 Å². The minimum absolute atomic E-state index is 0.204. The first-order valence-corrected chi connectivity index (χ1v) is 10.5. The van der Waals surface area contributed by atoms with Gasteiger partial charge in [0.2, 0.25) is 5.89 Å². The monoisotopic (exact) mass is 425 g/mol. The lowest BCUT2D eigenvalue weighted by Crippen LogP contribution is -2.30. The fourth-order valence-corrected chi connectivity index (χ4v) is 4.00. The van der Waals surface area contributed by atoms with Crippen molar-refractivity contribution in [2.24, 2.45) is 0 Å². The van der Waals surface area contributed by atoms with Crippen molar-refractivity contribution in [1.82, 2.24) is 9.88 Å². The van der Waals surface area contributed by atoms with Crippen LogP contribution in [-0.4, -0.2) is 50.3 Å². The lowest BCUT2D eigenvalue weighted by Gasteiger charge is -2.23. The first-order valence-electron chi connectivity index (χ1n) is 10.5. The molecule has 0 aliphatic carbocycles. The van der Waals surface area contributed by atoms with E-state index in [9.17, 15) is 4.39 Å². The summed E-state index contributed by atoms with van der Waals surface area (Å²) in [5.41, 5.74) is 2.76. The Labute approximate surface area is 182 Å². The van der Waals surface area contributed by atoms with Gasteiger partial charge >= 0.3 is 0 Å². The predicted octanol–water partition coefficient (Wildman–Crippen LogP) is 4.52. The molecule has 0 unspecified atom stereocenters. The smallest absolute Gasteiger partial charge is 0.230 e. The molecule has 0 amide bonds. The second-order valence-corrected chi connectivity index (χ2v) is 7.66. The molecular formula is C24H28FN3O3. The highest BCUT2D eigenvalue weighted by Gasteiger charge is 2.21. The summed E-state index contributed by atoms with van der Waals surface area (Å²) in [6.07, 6.45) is 1.03. The summed E-state index contributed by atoms with van der Waals surface area (Å²) in [5.74, 6) is 2.39. The topological polar surface area (TPSA) is 51.0 Å². The molecule has 0 bridgehead atoms. The molecule has 0 spiro atoms. The third kappa shape index (κ3) is 4.66. The first-order chi connectivity index (χ1) is 15.1. The van der Waals surface area contributed by atoms with E-state index < -0.39 is 0 Å². The Kier molecular flexibility index (Phi) is 6.42. The van der Waals surface area contributed by atoms with Gasteiger partial charge < -0.3 is 18.8 Å². The van der Waals surface area contributed by atoms with Crippen molar-refractivity contribution in [2.45, 2.75) is 19.9 Å². The number of aromatic nitrogens is 1. The Bertz CT molecular complexity index is 1020. The van der Waals surface area contributed by atoms with E-state index in [0.29, 0.717) is 17.4 Å². The van der Waals surface area contributed by atoms with Gasteiger partial charge in [0, 0.05) is 38.4 Å². The average Bonchev–Trinajstić information content (AvgIpc) is 2.99. The van der Waals surface area contributed by atoms with Gasteiger partial charge in [-0.15, -0.1) is 0 Å². The Morgan fingerprint density at radius 2 is 1.81 bits per heavy atom. The molecule has 1 aliphatic heterocycles. The van der Waals surface area contributed by atoms with Crippen LogP contribution in [0.4, 0.5) is 10.1 Å². The van der Waals surface area contributed by atoms with Crippen LogP contribution in [0.1, 0.15) is 17.9 Å². The number of rotatable bonds is 6. The molecule has 164 valence electrons. The summed E-state index contributed by atoms with van der Waals surface area (Å²) < 4.78 is 30.2. The molecule has 0 atom stereocenters. The van der Waals surface area contributed by atoms with Gasteiger partial charge in [0.1, 0.15) is 11.6 Å². The highest BCUT2D eigenvalue weighted by atomic mass is 19.1. The zero-order chi connectivity index (χ0) is 21.8. The quantitative estimate of drug-likeness (QED) is 0.579. The number of benzene rings is 2. The lowest BCUT2D eigenvalue weighted by molar-refractivity contribution is 0.281. The molecule has 31 heavy (non-hydrogen) atoms. The standard InChI is InChI=1S/C24H28FN3O3/c1-17-21(26-24(31-17)20-6-4-7-22(29-2)23(20)30-3)16-27-12-5-13-28(15-14-27)19-10-8-18(25)9-11-19/h4,6-11H,5,12-16H2,1-3H3. The number of oxazole rings is 1. The minimum atomic E-state index is -0.204. The second-order valence-electron chi connectivity index (χ2n) is 7.66. The predicted molar refractivity (Wildman–Crippen MR) is 118 cm³/mol. The van der Waals surface area contributed by atoms with Crippen LogP contribution in [0.15, 0.2) is 46.9 Å². The van der Waals surface area contributed by atoms with Crippen LogP contribution >= 0.6 is 0 Å². The van der Waals surface area contributed by atoms with Crippen molar-refractivity contribution in [3.8, 4) is 23.0 Å². The number of methoxy groups -OCH3 is 2. The summed E-state index contributed by atoms with van der Waals surface area (Å²) in [5, 5.41) is 0. The molecule has 6 nitrogen and oxygen atoms in total. The van der Waals surface area contributed by atoms with Crippen LogP contribution in [0.3, 0.4) is 0 Å². The van der Waals surface area contributed by atoms with Crippen LogP contribution in [0.2, 0.25) is 0 Å². The maximum Gasteiger partial charge on any atom is 0.230 e. The van der Waals surface area contributed by atoms with E-state index in [2.05, 4.69) is 9.80 Å². The largest absolute Gasteiger partial charge is 0.493 e. The number of halogens is 1. The zero-order valence-corrected chi connectivity index (χ0v) is 18.2. The highest BCUT2D eigenvalue weighted by Crippen LogP contribution is 2.38. The van der Waals surface area contributed by atoms with Crippen LogP contribution in [-0.2, 0) is 6.54 Å². The normalized spacial score (nSPS) is 15.0. The maximum absolute atomic E-state index is 13.2. The van der Waals surface area contributed by atoms with Crippen molar-refractivity contribution >= 4 is 5.69 Å². The molecule has 1 aromatic heterocycles.